The second-order valence-corrected chi connectivity index (χ2v) is 4.11. The third-order valence-corrected chi connectivity index (χ3v) is 2.60. The van der Waals surface area contributed by atoms with E-state index in [1.165, 1.54) is 0 Å². The zero-order chi connectivity index (χ0) is 11.8. The predicted octanol–water partition coefficient (Wildman–Crippen LogP) is 1.14. The number of nitrogens with two attached hydrogens (primary N) is 1. The van der Waals surface area contributed by atoms with E-state index < -0.39 is 0 Å². The van der Waals surface area contributed by atoms with E-state index in [-0.39, 0.29) is 23.8 Å². The van der Waals surface area contributed by atoms with Crippen LogP contribution >= 0.6 is 0 Å². The van der Waals surface area contributed by atoms with E-state index in [1.807, 2.05) is 20.8 Å². The van der Waals surface area contributed by atoms with Crippen molar-refractivity contribution < 1.29 is 4.79 Å². The predicted molar refractivity (Wildman–Crippen MR) is 63.1 cm³/mol. The highest BCUT2D eigenvalue weighted by molar-refractivity contribution is 5.79. The molecule has 86 valence electrons. The molecule has 2 atom stereocenters. The van der Waals surface area contributed by atoms with E-state index in [4.69, 9.17) is 12.2 Å². The fourth-order valence-electron chi connectivity index (χ4n) is 1.43. The Morgan fingerprint density at radius 2 is 2.13 bits per heavy atom. The Kier molecular flexibility index (Phi) is 6.81. The van der Waals surface area contributed by atoms with Gasteiger partial charge in [0, 0.05) is 19.0 Å². The van der Waals surface area contributed by atoms with Gasteiger partial charge in [-0.2, -0.15) is 0 Å². The van der Waals surface area contributed by atoms with Crippen LogP contribution in [-0.4, -0.2) is 18.5 Å². The van der Waals surface area contributed by atoms with Crippen molar-refractivity contribution in [3.05, 3.63) is 0 Å². The van der Waals surface area contributed by atoms with Gasteiger partial charge in [-0.25, -0.2) is 0 Å². The number of carbonyl (C=O) groups is 1. The van der Waals surface area contributed by atoms with E-state index in [0.717, 1.165) is 6.42 Å². The summed E-state index contributed by atoms with van der Waals surface area (Å²) in [6.45, 7) is 6.39. The maximum absolute atomic E-state index is 11.8. The molecule has 0 aromatic heterocycles. The molecule has 3 heteroatoms. The summed E-state index contributed by atoms with van der Waals surface area (Å²) in [7, 11) is 0. The SMILES string of the molecule is C#CCC(CC)NC(=O)C(CN)C(C)C. The Bertz CT molecular complexity index is 230. The molecule has 0 spiro atoms. The fraction of sp³-hybridized carbons (Fsp3) is 0.750. The number of terminal acetylenes is 1. The Hall–Kier alpha value is -1.01. The first-order chi connectivity index (χ1) is 7.06. The molecule has 1 amide bonds. The molecule has 0 aromatic rings. The maximum atomic E-state index is 11.8. The van der Waals surface area contributed by atoms with Crippen molar-refractivity contribution in [2.75, 3.05) is 6.54 Å². The summed E-state index contributed by atoms with van der Waals surface area (Å²) in [6, 6.07) is 0.0790. The minimum Gasteiger partial charge on any atom is -0.352 e. The Labute approximate surface area is 92.8 Å². The van der Waals surface area contributed by atoms with Crippen LogP contribution in [0.3, 0.4) is 0 Å². The van der Waals surface area contributed by atoms with E-state index >= 15 is 0 Å². The van der Waals surface area contributed by atoms with Gasteiger partial charge in [-0.3, -0.25) is 4.79 Å². The van der Waals surface area contributed by atoms with Gasteiger partial charge in [0.05, 0.1) is 5.92 Å². The van der Waals surface area contributed by atoms with Crippen LogP contribution in [0.15, 0.2) is 0 Å². The van der Waals surface area contributed by atoms with Crippen molar-refractivity contribution in [3.63, 3.8) is 0 Å². The van der Waals surface area contributed by atoms with Crippen LogP contribution in [0.2, 0.25) is 0 Å². The highest BCUT2D eigenvalue weighted by atomic mass is 16.2. The lowest BCUT2D eigenvalue weighted by atomic mass is 9.94. The summed E-state index contributed by atoms with van der Waals surface area (Å²) in [4.78, 5) is 11.8. The first-order valence-corrected chi connectivity index (χ1v) is 5.50. The third kappa shape index (κ3) is 4.85. The topological polar surface area (TPSA) is 55.1 Å². The zero-order valence-electron chi connectivity index (χ0n) is 9.92. The van der Waals surface area contributed by atoms with Crippen molar-refractivity contribution in [1.29, 1.82) is 0 Å². The molecule has 0 aliphatic heterocycles. The average molecular weight is 210 g/mol. The molecular weight excluding hydrogens is 188 g/mol. The fourth-order valence-corrected chi connectivity index (χ4v) is 1.43. The van der Waals surface area contributed by atoms with Crippen LogP contribution in [0.1, 0.15) is 33.6 Å². The van der Waals surface area contributed by atoms with Gasteiger partial charge >= 0.3 is 0 Å². The summed E-state index contributed by atoms with van der Waals surface area (Å²) >= 11 is 0. The molecule has 0 aromatic carbocycles. The quantitative estimate of drug-likeness (QED) is 0.646. The summed E-state index contributed by atoms with van der Waals surface area (Å²) in [6.07, 6.45) is 6.66. The van der Waals surface area contributed by atoms with Gasteiger partial charge in [0.1, 0.15) is 0 Å². The molecule has 0 aliphatic carbocycles. The zero-order valence-corrected chi connectivity index (χ0v) is 9.92. The number of amides is 1. The second kappa shape index (κ2) is 7.30. The van der Waals surface area contributed by atoms with Gasteiger partial charge in [0.2, 0.25) is 5.91 Å². The largest absolute Gasteiger partial charge is 0.352 e. The molecule has 3 nitrogen and oxygen atoms in total. The molecule has 15 heavy (non-hydrogen) atoms. The van der Waals surface area contributed by atoms with Crippen LogP contribution in [0.4, 0.5) is 0 Å². The van der Waals surface area contributed by atoms with E-state index in [0.29, 0.717) is 13.0 Å². The van der Waals surface area contributed by atoms with Gasteiger partial charge in [0.15, 0.2) is 0 Å². The normalized spacial score (nSPS) is 14.4. The van der Waals surface area contributed by atoms with Crippen molar-refractivity contribution >= 4 is 5.91 Å². The molecule has 0 radical (unpaired) electrons. The van der Waals surface area contributed by atoms with E-state index in [9.17, 15) is 4.79 Å². The van der Waals surface area contributed by atoms with Crippen LogP contribution in [-0.2, 0) is 4.79 Å². The Morgan fingerprint density at radius 1 is 1.53 bits per heavy atom. The van der Waals surface area contributed by atoms with Gasteiger partial charge in [-0.1, -0.05) is 20.8 Å². The summed E-state index contributed by atoms with van der Waals surface area (Å²) in [5, 5.41) is 2.94. The number of nitrogens with one attached hydrogen (secondary N) is 1. The smallest absolute Gasteiger partial charge is 0.224 e. The third-order valence-electron chi connectivity index (χ3n) is 2.60. The Morgan fingerprint density at radius 3 is 2.47 bits per heavy atom. The first kappa shape index (κ1) is 14.0. The number of hydrogen-bond acceptors (Lipinski definition) is 2. The van der Waals surface area contributed by atoms with Crippen LogP contribution in [0.25, 0.3) is 0 Å². The summed E-state index contributed by atoms with van der Waals surface area (Å²) in [5.74, 6) is 2.74. The average Bonchev–Trinajstić information content (AvgIpc) is 2.17. The second-order valence-electron chi connectivity index (χ2n) is 4.11. The maximum Gasteiger partial charge on any atom is 0.224 e. The van der Waals surface area contributed by atoms with Gasteiger partial charge < -0.3 is 11.1 Å². The van der Waals surface area contributed by atoms with Crippen molar-refractivity contribution in [2.24, 2.45) is 17.6 Å². The number of carbonyl (C=O) groups excluding carboxylic acids is 1. The van der Waals surface area contributed by atoms with Crippen LogP contribution in [0.5, 0.6) is 0 Å². The molecule has 0 rings (SSSR count). The minimum absolute atomic E-state index is 0.0228. The molecule has 0 saturated heterocycles. The van der Waals surface area contributed by atoms with Crippen LogP contribution in [0, 0.1) is 24.2 Å². The highest BCUT2D eigenvalue weighted by Gasteiger charge is 2.21. The lowest BCUT2D eigenvalue weighted by molar-refractivity contribution is -0.126. The summed E-state index contributed by atoms with van der Waals surface area (Å²) < 4.78 is 0. The lowest BCUT2D eigenvalue weighted by Crippen LogP contribution is -2.42. The molecule has 0 saturated carbocycles. The van der Waals surface area contributed by atoms with Gasteiger partial charge in [-0.05, 0) is 12.3 Å². The molecule has 3 N–H and O–H groups in total. The van der Waals surface area contributed by atoms with E-state index in [2.05, 4.69) is 11.2 Å². The molecule has 2 unspecified atom stereocenters. The highest BCUT2D eigenvalue weighted by Crippen LogP contribution is 2.10. The molecular formula is C12H22N2O. The Balaban J connectivity index is 4.26. The number of rotatable bonds is 6. The molecule has 0 fully saturated rings. The van der Waals surface area contributed by atoms with Crippen molar-refractivity contribution in [3.8, 4) is 12.3 Å². The number of hydrogen-bond donors (Lipinski definition) is 2. The van der Waals surface area contributed by atoms with Gasteiger partial charge in [0.25, 0.3) is 0 Å². The standard InChI is InChI=1S/C12H22N2O/c1-5-7-10(6-2)14-12(15)11(8-13)9(3)4/h1,9-11H,6-8,13H2,2-4H3,(H,14,15). The van der Waals surface area contributed by atoms with Crippen LogP contribution < -0.4 is 11.1 Å². The monoisotopic (exact) mass is 210 g/mol. The van der Waals surface area contributed by atoms with E-state index in [1.54, 1.807) is 0 Å². The van der Waals surface area contributed by atoms with Gasteiger partial charge in [-0.15, -0.1) is 12.3 Å². The minimum atomic E-state index is -0.114. The van der Waals surface area contributed by atoms with Crippen molar-refractivity contribution in [1.82, 2.24) is 5.32 Å². The molecule has 0 heterocycles. The lowest BCUT2D eigenvalue weighted by Gasteiger charge is -2.22. The molecule has 0 aliphatic rings. The summed E-state index contributed by atoms with van der Waals surface area (Å²) in [5.41, 5.74) is 5.56. The first-order valence-electron chi connectivity index (χ1n) is 5.50. The molecule has 0 bridgehead atoms. The van der Waals surface area contributed by atoms with Crippen molar-refractivity contribution in [2.45, 2.75) is 39.7 Å².